The molecule has 17 heavy (non-hydrogen) atoms. The number of anilines is 1. The molecule has 0 amide bonds. The van der Waals surface area contributed by atoms with Gasteiger partial charge in [-0.2, -0.15) is 0 Å². The van der Waals surface area contributed by atoms with E-state index >= 15 is 0 Å². The summed E-state index contributed by atoms with van der Waals surface area (Å²) in [6.07, 6.45) is 4.27. The molecule has 0 radical (unpaired) electrons. The summed E-state index contributed by atoms with van der Waals surface area (Å²) in [5.74, 6) is 0.905. The quantitative estimate of drug-likeness (QED) is 0.811. The molecule has 4 nitrogen and oxygen atoms in total. The Morgan fingerprint density at radius 3 is 2.82 bits per heavy atom. The number of hydrogen-bond donors (Lipinski definition) is 0. The molecule has 88 valence electrons. The molecule has 0 aliphatic heterocycles. The first-order chi connectivity index (χ1) is 8.25. The van der Waals surface area contributed by atoms with Crippen LogP contribution in [0.25, 0.3) is 0 Å². The number of pyridine rings is 1. The number of halogens is 1. The monoisotopic (exact) mass is 292 g/mol. The molecule has 5 heteroatoms. The molecule has 0 spiro atoms. The lowest BCUT2D eigenvalue weighted by Gasteiger charge is -2.17. The van der Waals surface area contributed by atoms with Crippen molar-refractivity contribution in [1.29, 1.82) is 0 Å². The Balaban J connectivity index is 1.96. The second kappa shape index (κ2) is 5.72. The number of hydrogen-bond acceptors (Lipinski definition) is 4. The van der Waals surface area contributed by atoms with Crippen molar-refractivity contribution in [2.75, 3.05) is 18.5 Å². The van der Waals surface area contributed by atoms with Crippen LogP contribution in [0.3, 0.4) is 0 Å². The van der Waals surface area contributed by atoms with Crippen molar-refractivity contribution >= 4 is 21.7 Å². The van der Waals surface area contributed by atoms with Gasteiger partial charge in [-0.3, -0.25) is 4.98 Å². The Kier molecular flexibility index (Phi) is 4.03. The summed E-state index contributed by atoms with van der Waals surface area (Å²) in [6, 6.07) is 7.86. The minimum atomic E-state index is 0.798. The highest BCUT2D eigenvalue weighted by Gasteiger charge is 2.03. The van der Waals surface area contributed by atoms with Crippen molar-refractivity contribution in [2.45, 2.75) is 6.42 Å². The molecule has 2 heterocycles. The molecule has 0 aliphatic carbocycles. The van der Waals surface area contributed by atoms with Crippen molar-refractivity contribution in [1.82, 2.24) is 15.0 Å². The van der Waals surface area contributed by atoms with Crippen LogP contribution in [0.5, 0.6) is 0 Å². The number of aromatic nitrogens is 3. The maximum atomic E-state index is 4.29. The molecular formula is C12H13BrN4. The average molecular weight is 293 g/mol. The molecule has 0 aliphatic rings. The average Bonchev–Trinajstić information content (AvgIpc) is 2.37. The van der Waals surface area contributed by atoms with E-state index in [1.165, 1.54) is 0 Å². The van der Waals surface area contributed by atoms with Crippen molar-refractivity contribution < 1.29 is 0 Å². The van der Waals surface area contributed by atoms with Crippen LogP contribution in [0.1, 0.15) is 5.69 Å². The normalized spacial score (nSPS) is 10.2. The first-order valence-corrected chi connectivity index (χ1v) is 6.13. The molecular weight excluding hydrogens is 280 g/mol. The zero-order valence-electron chi connectivity index (χ0n) is 9.55. The Labute approximate surface area is 109 Å². The predicted octanol–water partition coefficient (Wildman–Crippen LogP) is 2.31. The molecule has 0 N–H and O–H groups in total. The predicted molar refractivity (Wildman–Crippen MR) is 70.9 cm³/mol. The van der Waals surface area contributed by atoms with Crippen molar-refractivity contribution in [3.05, 3.63) is 47.1 Å². The number of likely N-dealkylation sites (N-methyl/N-ethyl adjacent to an activating group) is 1. The highest BCUT2D eigenvalue weighted by molar-refractivity contribution is 9.10. The van der Waals surface area contributed by atoms with E-state index < -0.39 is 0 Å². The SMILES string of the molecule is CN(CCc1ccccn1)c1cc(Br)ncn1. The highest BCUT2D eigenvalue weighted by Crippen LogP contribution is 2.13. The van der Waals surface area contributed by atoms with E-state index in [4.69, 9.17) is 0 Å². The fraction of sp³-hybridized carbons (Fsp3) is 0.250. The van der Waals surface area contributed by atoms with Crippen molar-refractivity contribution in [3.8, 4) is 0 Å². The van der Waals surface area contributed by atoms with Crippen LogP contribution in [-0.4, -0.2) is 28.5 Å². The standard InChI is InChI=1S/C12H13BrN4/c1-17(12-8-11(13)15-9-16-12)7-5-10-4-2-3-6-14-10/h2-4,6,8-9H,5,7H2,1H3. The summed E-state index contributed by atoms with van der Waals surface area (Å²) < 4.78 is 0.798. The minimum Gasteiger partial charge on any atom is -0.359 e. The molecule has 0 aromatic carbocycles. The number of nitrogens with zero attached hydrogens (tertiary/aromatic N) is 4. The van der Waals surface area contributed by atoms with E-state index in [-0.39, 0.29) is 0 Å². The second-order valence-electron chi connectivity index (χ2n) is 3.69. The first kappa shape index (κ1) is 12.0. The molecule has 2 rings (SSSR count). The zero-order chi connectivity index (χ0) is 12.1. The van der Waals surface area contributed by atoms with Gasteiger partial charge < -0.3 is 4.90 Å². The first-order valence-electron chi connectivity index (χ1n) is 5.34. The Morgan fingerprint density at radius 2 is 2.12 bits per heavy atom. The van der Waals surface area contributed by atoms with Gasteiger partial charge in [-0.1, -0.05) is 6.07 Å². The Morgan fingerprint density at radius 1 is 1.24 bits per heavy atom. The number of rotatable bonds is 4. The van der Waals surface area contributed by atoms with E-state index in [0.717, 1.165) is 29.1 Å². The van der Waals surface area contributed by atoms with Crippen LogP contribution in [0.15, 0.2) is 41.4 Å². The lowest BCUT2D eigenvalue weighted by molar-refractivity contribution is 0.834. The molecule has 0 atom stereocenters. The van der Waals surface area contributed by atoms with Gasteiger partial charge >= 0.3 is 0 Å². The van der Waals surface area contributed by atoms with Gasteiger partial charge in [0.15, 0.2) is 0 Å². The third kappa shape index (κ3) is 3.49. The van der Waals surface area contributed by atoms with Gasteiger partial charge in [0.1, 0.15) is 16.7 Å². The Bertz CT molecular complexity index is 475. The van der Waals surface area contributed by atoms with Crippen LogP contribution in [0.2, 0.25) is 0 Å². The maximum absolute atomic E-state index is 4.29. The summed E-state index contributed by atoms with van der Waals surface area (Å²) in [5.41, 5.74) is 1.09. The molecule has 0 fully saturated rings. The van der Waals surface area contributed by atoms with Crippen LogP contribution in [0, 0.1) is 0 Å². The zero-order valence-corrected chi connectivity index (χ0v) is 11.1. The fourth-order valence-electron chi connectivity index (χ4n) is 1.48. The van der Waals surface area contributed by atoms with Crippen LogP contribution in [0.4, 0.5) is 5.82 Å². The van der Waals surface area contributed by atoms with E-state index in [1.54, 1.807) is 6.33 Å². The molecule has 2 aromatic rings. The van der Waals surface area contributed by atoms with E-state index in [2.05, 4.69) is 35.8 Å². The second-order valence-corrected chi connectivity index (χ2v) is 4.50. The highest BCUT2D eigenvalue weighted by atomic mass is 79.9. The van der Waals surface area contributed by atoms with Gasteiger partial charge in [0, 0.05) is 38.0 Å². The topological polar surface area (TPSA) is 41.9 Å². The molecule has 0 unspecified atom stereocenters. The third-order valence-corrected chi connectivity index (χ3v) is 2.87. The minimum absolute atomic E-state index is 0.798. The Hall–Kier alpha value is -1.49. The lowest BCUT2D eigenvalue weighted by Crippen LogP contribution is -2.21. The van der Waals surface area contributed by atoms with E-state index in [9.17, 15) is 0 Å². The van der Waals surface area contributed by atoms with E-state index in [1.807, 2.05) is 37.5 Å². The van der Waals surface area contributed by atoms with Gasteiger partial charge in [0.2, 0.25) is 0 Å². The van der Waals surface area contributed by atoms with Gasteiger partial charge in [0.05, 0.1) is 0 Å². The van der Waals surface area contributed by atoms with Crippen molar-refractivity contribution in [3.63, 3.8) is 0 Å². The molecule has 0 saturated carbocycles. The van der Waals surface area contributed by atoms with Crippen molar-refractivity contribution in [2.24, 2.45) is 0 Å². The molecule has 0 saturated heterocycles. The van der Waals surface area contributed by atoms with Crippen LogP contribution >= 0.6 is 15.9 Å². The fourth-order valence-corrected chi connectivity index (χ4v) is 1.77. The summed E-state index contributed by atoms with van der Waals surface area (Å²) in [5, 5.41) is 0. The van der Waals surface area contributed by atoms with E-state index in [0.29, 0.717) is 0 Å². The summed E-state index contributed by atoms with van der Waals surface area (Å²) >= 11 is 3.34. The summed E-state index contributed by atoms with van der Waals surface area (Å²) in [4.78, 5) is 14.6. The summed E-state index contributed by atoms with van der Waals surface area (Å²) in [7, 11) is 2.01. The van der Waals surface area contributed by atoms with Gasteiger partial charge in [-0.25, -0.2) is 9.97 Å². The molecule has 0 bridgehead atoms. The molecule has 2 aromatic heterocycles. The lowest BCUT2D eigenvalue weighted by atomic mass is 10.2. The van der Waals surface area contributed by atoms with Crippen LogP contribution < -0.4 is 4.90 Å². The smallest absolute Gasteiger partial charge is 0.132 e. The van der Waals surface area contributed by atoms with Gasteiger partial charge in [-0.15, -0.1) is 0 Å². The largest absolute Gasteiger partial charge is 0.359 e. The summed E-state index contributed by atoms with van der Waals surface area (Å²) in [6.45, 7) is 0.875. The van der Waals surface area contributed by atoms with Gasteiger partial charge in [0.25, 0.3) is 0 Å². The van der Waals surface area contributed by atoms with Crippen LogP contribution in [-0.2, 0) is 6.42 Å². The van der Waals surface area contributed by atoms with Gasteiger partial charge in [-0.05, 0) is 28.1 Å². The maximum Gasteiger partial charge on any atom is 0.132 e. The third-order valence-electron chi connectivity index (χ3n) is 2.44.